The molecule has 0 unspecified atom stereocenters. The molecule has 0 aliphatic rings. The summed E-state index contributed by atoms with van der Waals surface area (Å²) in [6.07, 6.45) is 0. The Morgan fingerprint density at radius 3 is 1.86 bits per heavy atom. The van der Waals surface area contributed by atoms with Gasteiger partial charge in [-0.15, -0.1) is 0 Å². The summed E-state index contributed by atoms with van der Waals surface area (Å²) < 4.78 is 10.1. The van der Waals surface area contributed by atoms with Gasteiger partial charge in [0, 0.05) is 14.2 Å². The summed E-state index contributed by atoms with van der Waals surface area (Å²) in [4.78, 5) is 9.36. The number of rotatable bonds is 5. The van der Waals surface area contributed by atoms with E-state index in [2.05, 4.69) is 25.8 Å². The standard InChI is InChI=1S/C6H16NO.C3H6O3/c1-5-7(2,3)6-8-4;1-6-2-3(4)5/h5-6H2,1-4H3;2H2,1H3,(H,4,5)/q+1;/p-1. The molecule has 0 bridgehead atoms. The average molecular weight is 207 g/mol. The van der Waals surface area contributed by atoms with Gasteiger partial charge < -0.3 is 23.9 Å². The van der Waals surface area contributed by atoms with Crippen LogP contribution in [0, 0.1) is 0 Å². The van der Waals surface area contributed by atoms with Crippen LogP contribution < -0.4 is 5.11 Å². The lowest BCUT2D eigenvalue weighted by Crippen LogP contribution is -2.40. The molecule has 0 aromatic heterocycles. The Hall–Kier alpha value is -0.650. The van der Waals surface area contributed by atoms with Crippen molar-refractivity contribution in [2.45, 2.75) is 6.92 Å². The Morgan fingerprint density at radius 2 is 1.79 bits per heavy atom. The maximum Gasteiger partial charge on any atom is 0.182 e. The Labute approximate surface area is 85.8 Å². The van der Waals surface area contributed by atoms with Crippen LogP contribution in [0.1, 0.15) is 6.92 Å². The molecular formula is C9H21NO4. The van der Waals surface area contributed by atoms with E-state index in [4.69, 9.17) is 4.74 Å². The van der Waals surface area contributed by atoms with Crippen molar-refractivity contribution >= 4 is 5.97 Å². The second-order valence-corrected chi connectivity index (χ2v) is 3.47. The topological polar surface area (TPSA) is 58.6 Å². The summed E-state index contributed by atoms with van der Waals surface area (Å²) in [5.41, 5.74) is 0. The van der Waals surface area contributed by atoms with Crippen LogP contribution in [0.4, 0.5) is 0 Å². The van der Waals surface area contributed by atoms with E-state index < -0.39 is 5.97 Å². The second-order valence-electron chi connectivity index (χ2n) is 3.47. The lowest BCUT2D eigenvalue weighted by atomic mass is 10.6. The van der Waals surface area contributed by atoms with Gasteiger partial charge in [-0.3, -0.25) is 0 Å². The van der Waals surface area contributed by atoms with E-state index in [1.54, 1.807) is 7.11 Å². The Morgan fingerprint density at radius 1 is 1.29 bits per heavy atom. The third-order valence-electron chi connectivity index (χ3n) is 1.60. The number of carbonyl (C=O) groups is 1. The Bertz CT molecular complexity index is 148. The first-order valence-electron chi connectivity index (χ1n) is 4.39. The molecule has 0 rings (SSSR count). The van der Waals surface area contributed by atoms with Gasteiger partial charge in [0.1, 0.15) is 0 Å². The number of hydrogen-bond donors (Lipinski definition) is 0. The summed E-state index contributed by atoms with van der Waals surface area (Å²) in [6, 6.07) is 0. The summed E-state index contributed by atoms with van der Waals surface area (Å²) in [5, 5.41) is 9.36. The molecule has 0 aliphatic carbocycles. The van der Waals surface area contributed by atoms with E-state index >= 15 is 0 Å². The third kappa shape index (κ3) is 13.9. The van der Waals surface area contributed by atoms with Gasteiger partial charge >= 0.3 is 0 Å². The molecule has 0 heterocycles. The lowest BCUT2D eigenvalue weighted by molar-refractivity contribution is -0.907. The molecular weight excluding hydrogens is 186 g/mol. The molecule has 0 atom stereocenters. The van der Waals surface area contributed by atoms with Crippen molar-refractivity contribution in [3.8, 4) is 0 Å². The van der Waals surface area contributed by atoms with Crippen LogP contribution >= 0.6 is 0 Å². The maximum atomic E-state index is 9.36. The van der Waals surface area contributed by atoms with E-state index in [1.807, 2.05) is 0 Å². The minimum absolute atomic E-state index is 0.319. The first kappa shape index (κ1) is 15.8. The molecule has 0 spiro atoms. The van der Waals surface area contributed by atoms with Crippen molar-refractivity contribution in [3.05, 3.63) is 0 Å². The minimum atomic E-state index is -1.18. The molecule has 0 saturated heterocycles. The quantitative estimate of drug-likeness (QED) is 0.431. The van der Waals surface area contributed by atoms with Crippen LogP contribution in [0.2, 0.25) is 0 Å². The fraction of sp³-hybridized carbons (Fsp3) is 0.889. The number of carbonyl (C=O) groups excluding carboxylic acids is 1. The molecule has 0 aromatic rings. The van der Waals surface area contributed by atoms with E-state index in [0.29, 0.717) is 0 Å². The van der Waals surface area contributed by atoms with E-state index in [9.17, 15) is 9.90 Å². The molecule has 86 valence electrons. The zero-order valence-electron chi connectivity index (χ0n) is 9.70. The number of nitrogens with zero attached hydrogens (tertiary/aromatic N) is 1. The van der Waals surface area contributed by atoms with Crippen LogP contribution in [-0.4, -0.2) is 58.6 Å². The number of ether oxygens (including phenoxy) is 2. The van der Waals surface area contributed by atoms with Gasteiger partial charge in [-0.05, 0) is 6.92 Å². The molecule has 0 amide bonds. The van der Waals surface area contributed by atoms with Crippen molar-refractivity contribution in [1.82, 2.24) is 0 Å². The number of carboxylic acids is 1. The van der Waals surface area contributed by atoms with E-state index in [0.717, 1.165) is 17.8 Å². The molecule has 0 radical (unpaired) electrons. The van der Waals surface area contributed by atoms with Crippen molar-refractivity contribution in [2.24, 2.45) is 0 Å². The third-order valence-corrected chi connectivity index (χ3v) is 1.60. The molecule has 0 aromatic carbocycles. The number of quaternary nitrogens is 1. The highest BCUT2D eigenvalue weighted by Gasteiger charge is 2.08. The summed E-state index contributed by atoms with van der Waals surface area (Å²) in [7, 11) is 7.32. The van der Waals surface area contributed by atoms with Crippen LogP contribution in [0.3, 0.4) is 0 Å². The SMILES string of the molecule is CC[N+](C)(C)COC.COCC(=O)[O-]. The van der Waals surface area contributed by atoms with Gasteiger partial charge in [-0.25, -0.2) is 0 Å². The van der Waals surface area contributed by atoms with Gasteiger partial charge in [0.15, 0.2) is 6.73 Å². The second kappa shape index (κ2) is 8.93. The zero-order valence-corrected chi connectivity index (χ0v) is 9.70. The van der Waals surface area contributed by atoms with Crippen LogP contribution in [0.5, 0.6) is 0 Å². The first-order chi connectivity index (χ1) is 6.39. The van der Waals surface area contributed by atoms with Crippen LogP contribution in [-0.2, 0) is 14.3 Å². The number of hydrogen-bond acceptors (Lipinski definition) is 4. The molecule has 5 nitrogen and oxygen atoms in total. The first-order valence-corrected chi connectivity index (χ1v) is 4.39. The summed E-state index contributed by atoms with van der Waals surface area (Å²) in [6.45, 7) is 3.75. The highest BCUT2D eigenvalue weighted by atomic mass is 16.5. The lowest BCUT2D eigenvalue weighted by Gasteiger charge is -2.26. The Kier molecular flexibility index (Phi) is 10.1. The van der Waals surface area contributed by atoms with Crippen molar-refractivity contribution < 1.29 is 23.9 Å². The molecule has 0 saturated carbocycles. The fourth-order valence-electron chi connectivity index (χ4n) is 0.559. The monoisotopic (exact) mass is 207 g/mol. The predicted octanol–water partition coefficient (Wildman–Crippen LogP) is -0.931. The molecule has 14 heavy (non-hydrogen) atoms. The van der Waals surface area contributed by atoms with Crippen molar-refractivity contribution in [2.75, 3.05) is 48.2 Å². The zero-order chi connectivity index (χ0) is 11.6. The predicted molar refractivity (Wildman–Crippen MR) is 51.4 cm³/mol. The highest BCUT2D eigenvalue weighted by Crippen LogP contribution is 1.93. The maximum absolute atomic E-state index is 9.36. The number of methoxy groups -OCH3 is 2. The highest BCUT2D eigenvalue weighted by molar-refractivity contribution is 5.65. The number of carboxylic acid groups (broad SMARTS) is 1. The van der Waals surface area contributed by atoms with Gasteiger partial charge in [0.05, 0.1) is 33.2 Å². The fourth-order valence-corrected chi connectivity index (χ4v) is 0.559. The van der Waals surface area contributed by atoms with Gasteiger partial charge in [0.25, 0.3) is 0 Å². The normalized spacial score (nSPS) is 10.4. The average Bonchev–Trinajstić information content (AvgIpc) is 2.05. The molecule has 0 N–H and O–H groups in total. The van der Waals surface area contributed by atoms with E-state index in [1.165, 1.54) is 7.11 Å². The van der Waals surface area contributed by atoms with Crippen LogP contribution in [0.25, 0.3) is 0 Å². The Balaban J connectivity index is 0. The minimum Gasteiger partial charge on any atom is -0.548 e. The molecule has 0 aliphatic heterocycles. The summed E-state index contributed by atoms with van der Waals surface area (Å²) >= 11 is 0. The molecule has 0 fully saturated rings. The smallest absolute Gasteiger partial charge is 0.182 e. The largest absolute Gasteiger partial charge is 0.548 e. The van der Waals surface area contributed by atoms with Gasteiger partial charge in [-0.2, -0.15) is 0 Å². The van der Waals surface area contributed by atoms with Gasteiger partial charge in [-0.1, -0.05) is 0 Å². The van der Waals surface area contributed by atoms with E-state index in [-0.39, 0.29) is 6.61 Å². The molecule has 5 heteroatoms. The van der Waals surface area contributed by atoms with Crippen molar-refractivity contribution in [1.29, 1.82) is 0 Å². The number of aliphatic carboxylic acids is 1. The van der Waals surface area contributed by atoms with Gasteiger partial charge in [0.2, 0.25) is 0 Å². The summed E-state index contributed by atoms with van der Waals surface area (Å²) in [5.74, 6) is -1.18. The van der Waals surface area contributed by atoms with Crippen LogP contribution in [0.15, 0.2) is 0 Å². The van der Waals surface area contributed by atoms with Crippen molar-refractivity contribution in [3.63, 3.8) is 0 Å².